The first-order valence-electron chi connectivity index (χ1n) is 5.82. The molecule has 0 aromatic heterocycles. The number of carbonyl (C=O) groups excluding carboxylic acids is 1. The van der Waals surface area contributed by atoms with Gasteiger partial charge in [-0.25, -0.2) is 0 Å². The summed E-state index contributed by atoms with van der Waals surface area (Å²) in [6.45, 7) is 3.00. The standard InChI is InChI=1S/C13H20N2O2/c1-3-15-13(16)8-11(9-14)10-5-4-6-12(7-10)17-2/h4-7,11H,3,8-9,14H2,1-2H3,(H,15,16). The number of amides is 1. The summed E-state index contributed by atoms with van der Waals surface area (Å²) >= 11 is 0. The molecule has 0 saturated heterocycles. The molecule has 0 aliphatic heterocycles. The van der Waals surface area contributed by atoms with Crippen molar-refractivity contribution in [3.63, 3.8) is 0 Å². The highest BCUT2D eigenvalue weighted by molar-refractivity contribution is 5.76. The number of benzene rings is 1. The third kappa shape index (κ3) is 4.07. The van der Waals surface area contributed by atoms with Gasteiger partial charge in [0.15, 0.2) is 0 Å². The van der Waals surface area contributed by atoms with E-state index < -0.39 is 0 Å². The fourth-order valence-corrected chi connectivity index (χ4v) is 1.73. The molecule has 0 aliphatic carbocycles. The number of carbonyl (C=O) groups is 1. The first kappa shape index (κ1) is 13.5. The smallest absolute Gasteiger partial charge is 0.220 e. The molecular formula is C13H20N2O2. The zero-order chi connectivity index (χ0) is 12.7. The number of nitrogens with one attached hydrogen (secondary N) is 1. The van der Waals surface area contributed by atoms with E-state index >= 15 is 0 Å². The van der Waals surface area contributed by atoms with Gasteiger partial charge in [-0.15, -0.1) is 0 Å². The van der Waals surface area contributed by atoms with Gasteiger partial charge in [0.05, 0.1) is 7.11 Å². The molecule has 0 aliphatic rings. The van der Waals surface area contributed by atoms with E-state index in [2.05, 4.69) is 5.32 Å². The average molecular weight is 236 g/mol. The molecule has 1 amide bonds. The molecule has 0 bridgehead atoms. The van der Waals surface area contributed by atoms with Crippen LogP contribution in [0.3, 0.4) is 0 Å². The Morgan fingerprint density at radius 3 is 2.88 bits per heavy atom. The van der Waals surface area contributed by atoms with E-state index in [0.717, 1.165) is 11.3 Å². The second-order valence-corrected chi connectivity index (χ2v) is 3.87. The molecule has 94 valence electrons. The Kier molecular flexibility index (Phi) is 5.49. The van der Waals surface area contributed by atoms with Gasteiger partial charge in [-0.05, 0) is 31.2 Å². The van der Waals surface area contributed by atoms with Crippen LogP contribution in [0.4, 0.5) is 0 Å². The van der Waals surface area contributed by atoms with Crippen LogP contribution in [0.15, 0.2) is 24.3 Å². The van der Waals surface area contributed by atoms with Crippen LogP contribution in [-0.2, 0) is 4.79 Å². The molecule has 0 saturated carbocycles. The van der Waals surface area contributed by atoms with Crippen LogP contribution in [0.2, 0.25) is 0 Å². The molecule has 1 rings (SSSR count). The maximum Gasteiger partial charge on any atom is 0.220 e. The molecule has 0 heterocycles. The minimum atomic E-state index is 0.0331. The number of nitrogens with two attached hydrogens (primary N) is 1. The van der Waals surface area contributed by atoms with Gasteiger partial charge >= 0.3 is 0 Å². The van der Waals surface area contributed by atoms with Crippen LogP contribution >= 0.6 is 0 Å². The lowest BCUT2D eigenvalue weighted by Crippen LogP contribution is -2.27. The largest absolute Gasteiger partial charge is 0.497 e. The Morgan fingerprint density at radius 1 is 1.53 bits per heavy atom. The summed E-state index contributed by atoms with van der Waals surface area (Å²) in [5, 5.41) is 2.78. The molecule has 4 heteroatoms. The van der Waals surface area contributed by atoms with Crippen molar-refractivity contribution in [3.05, 3.63) is 29.8 Å². The zero-order valence-corrected chi connectivity index (χ0v) is 10.4. The Morgan fingerprint density at radius 2 is 2.29 bits per heavy atom. The molecule has 0 spiro atoms. The molecule has 17 heavy (non-hydrogen) atoms. The third-order valence-electron chi connectivity index (χ3n) is 2.66. The fourth-order valence-electron chi connectivity index (χ4n) is 1.73. The van der Waals surface area contributed by atoms with Gasteiger partial charge in [0.25, 0.3) is 0 Å². The van der Waals surface area contributed by atoms with Gasteiger partial charge in [-0.2, -0.15) is 0 Å². The van der Waals surface area contributed by atoms with Crippen molar-refractivity contribution in [1.29, 1.82) is 0 Å². The number of methoxy groups -OCH3 is 1. The van der Waals surface area contributed by atoms with E-state index in [-0.39, 0.29) is 11.8 Å². The van der Waals surface area contributed by atoms with E-state index in [1.165, 1.54) is 0 Å². The van der Waals surface area contributed by atoms with Crippen molar-refractivity contribution in [2.75, 3.05) is 20.2 Å². The quantitative estimate of drug-likeness (QED) is 0.781. The van der Waals surface area contributed by atoms with Crippen LogP contribution < -0.4 is 15.8 Å². The van der Waals surface area contributed by atoms with Gasteiger partial charge in [-0.1, -0.05) is 12.1 Å². The Hall–Kier alpha value is -1.55. The van der Waals surface area contributed by atoms with Crippen LogP contribution in [0.5, 0.6) is 5.75 Å². The minimum Gasteiger partial charge on any atom is -0.497 e. The Bertz CT molecular complexity index is 366. The first-order chi connectivity index (χ1) is 8.21. The predicted octanol–water partition coefficient (Wildman–Crippen LogP) is 1.26. The number of rotatable bonds is 6. The van der Waals surface area contributed by atoms with Gasteiger partial charge in [0.1, 0.15) is 5.75 Å². The minimum absolute atomic E-state index is 0.0331. The fraction of sp³-hybridized carbons (Fsp3) is 0.462. The monoisotopic (exact) mass is 236 g/mol. The highest BCUT2D eigenvalue weighted by Gasteiger charge is 2.14. The molecule has 1 aromatic rings. The summed E-state index contributed by atoms with van der Waals surface area (Å²) < 4.78 is 5.16. The van der Waals surface area contributed by atoms with Crippen molar-refractivity contribution in [2.45, 2.75) is 19.3 Å². The van der Waals surface area contributed by atoms with Gasteiger partial charge in [-0.3, -0.25) is 4.79 Å². The first-order valence-corrected chi connectivity index (χ1v) is 5.82. The molecule has 1 atom stereocenters. The SMILES string of the molecule is CCNC(=O)CC(CN)c1cccc(OC)c1. The maximum atomic E-state index is 11.5. The summed E-state index contributed by atoms with van der Waals surface area (Å²) in [4.78, 5) is 11.5. The number of hydrogen-bond donors (Lipinski definition) is 2. The lowest BCUT2D eigenvalue weighted by molar-refractivity contribution is -0.121. The summed E-state index contributed by atoms with van der Waals surface area (Å²) in [5.41, 5.74) is 6.76. The van der Waals surface area contributed by atoms with Gasteiger partial charge < -0.3 is 15.8 Å². The lowest BCUT2D eigenvalue weighted by atomic mass is 9.95. The zero-order valence-electron chi connectivity index (χ0n) is 10.4. The Labute approximate surface area is 102 Å². The molecule has 1 unspecified atom stereocenters. The highest BCUT2D eigenvalue weighted by Crippen LogP contribution is 2.22. The van der Waals surface area contributed by atoms with E-state index in [9.17, 15) is 4.79 Å². The van der Waals surface area contributed by atoms with Crippen LogP contribution in [0.25, 0.3) is 0 Å². The third-order valence-corrected chi connectivity index (χ3v) is 2.66. The van der Waals surface area contributed by atoms with Gasteiger partial charge in [0.2, 0.25) is 5.91 Å². The topological polar surface area (TPSA) is 64.4 Å². The number of hydrogen-bond acceptors (Lipinski definition) is 3. The molecular weight excluding hydrogens is 216 g/mol. The second-order valence-electron chi connectivity index (χ2n) is 3.87. The second kappa shape index (κ2) is 6.91. The summed E-state index contributed by atoms with van der Waals surface area (Å²) in [7, 11) is 1.63. The highest BCUT2D eigenvalue weighted by atomic mass is 16.5. The molecule has 0 fully saturated rings. The summed E-state index contributed by atoms with van der Waals surface area (Å²) in [6, 6.07) is 7.69. The van der Waals surface area contributed by atoms with Crippen molar-refractivity contribution in [3.8, 4) is 5.75 Å². The summed E-state index contributed by atoms with van der Waals surface area (Å²) in [5.74, 6) is 0.860. The molecule has 4 nitrogen and oxygen atoms in total. The van der Waals surface area contributed by atoms with E-state index in [1.807, 2.05) is 31.2 Å². The predicted molar refractivity (Wildman–Crippen MR) is 68.1 cm³/mol. The normalized spacial score (nSPS) is 11.9. The van der Waals surface area contributed by atoms with E-state index in [0.29, 0.717) is 19.5 Å². The average Bonchev–Trinajstić information content (AvgIpc) is 2.36. The van der Waals surface area contributed by atoms with Gasteiger partial charge in [0, 0.05) is 18.9 Å². The van der Waals surface area contributed by atoms with Crippen molar-refractivity contribution in [2.24, 2.45) is 5.73 Å². The van der Waals surface area contributed by atoms with Crippen LogP contribution in [0, 0.1) is 0 Å². The van der Waals surface area contributed by atoms with Crippen LogP contribution in [-0.4, -0.2) is 26.1 Å². The van der Waals surface area contributed by atoms with Crippen molar-refractivity contribution < 1.29 is 9.53 Å². The van der Waals surface area contributed by atoms with Crippen molar-refractivity contribution in [1.82, 2.24) is 5.32 Å². The lowest BCUT2D eigenvalue weighted by Gasteiger charge is -2.15. The summed E-state index contributed by atoms with van der Waals surface area (Å²) in [6.07, 6.45) is 0.414. The van der Waals surface area contributed by atoms with E-state index in [4.69, 9.17) is 10.5 Å². The Balaban J connectivity index is 2.74. The van der Waals surface area contributed by atoms with E-state index in [1.54, 1.807) is 7.11 Å². The van der Waals surface area contributed by atoms with Crippen molar-refractivity contribution >= 4 is 5.91 Å². The van der Waals surface area contributed by atoms with Crippen LogP contribution in [0.1, 0.15) is 24.8 Å². The molecule has 3 N–H and O–H groups in total. The molecule has 0 radical (unpaired) electrons. The molecule has 1 aromatic carbocycles. The maximum absolute atomic E-state index is 11.5. The number of ether oxygens (including phenoxy) is 1.